The summed E-state index contributed by atoms with van der Waals surface area (Å²) in [6, 6.07) is 38.7. The smallest absolute Gasteiger partial charge is 0.509 e. The van der Waals surface area contributed by atoms with E-state index in [1.807, 2.05) is 41.2 Å². The molecule has 0 saturated heterocycles. The van der Waals surface area contributed by atoms with Crippen LogP contribution in [-0.2, 0) is 33.9 Å². The number of aromatic nitrogens is 4. The molecule has 7 aromatic rings. The fourth-order valence-electron chi connectivity index (χ4n) is 6.70. The molecule has 3 aromatic heterocycles. The molecule has 0 saturated carbocycles. The third kappa shape index (κ3) is 7.14. The van der Waals surface area contributed by atoms with E-state index in [1.165, 1.54) is 16.5 Å². The Kier molecular flexibility index (Phi) is 10.2. The zero-order valence-corrected chi connectivity index (χ0v) is 31.3. The molecule has 0 aliphatic rings. The Hall–Kier alpha value is -4.47. The van der Waals surface area contributed by atoms with Crippen LogP contribution in [0.5, 0.6) is 11.5 Å². The zero-order valence-electron chi connectivity index (χ0n) is 29.0. The van der Waals surface area contributed by atoms with Crippen molar-refractivity contribution < 1.29 is 25.8 Å². The van der Waals surface area contributed by atoms with Gasteiger partial charge >= 0.3 is 21.1 Å². The van der Waals surface area contributed by atoms with Crippen LogP contribution in [0.1, 0.15) is 56.6 Å². The minimum absolute atomic E-state index is 0. The van der Waals surface area contributed by atoms with Gasteiger partial charge in [-0.15, -0.1) is 35.7 Å². The molecule has 250 valence electrons. The van der Waals surface area contributed by atoms with Crippen LogP contribution in [0.3, 0.4) is 0 Å². The molecular formula is C43H42N4OPt. The van der Waals surface area contributed by atoms with Gasteiger partial charge in [0.05, 0.1) is 5.69 Å². The molecule has 0 aliphatic carbocycles. The first-order chi connectivity index (χ1) is 23.2. The summed E-state index contributed by atoms with van der Waals surface area (Å²) in [6.07, 6.45) is 5.12. The van der Waals surface area contributed by atoms with Gasteiger partial charge in [-0.3, -0.25) is 4.68 Å². The summed E-state index contributed by atoms with van der Waals surface area (Å²) in [7, 11) is 0. The molecule has 4 aromatic carbocycles. The summed E-state index contributed by atoms with van der Waals surface area (Å²) in [4.78, 5) is 4.86. The SMILES string of the molecule is Cc1nn(-c2[c-]c(Oc3[c-]c4c(cc3)c3cc(CC(C)C)ccc3n4-c3cc(CCC(C)C)ccn3)ccc2)c(C)c1-c1ccccc1.[Pt+2]. The van der Waals surface area contributed by atoms with Gasteiger partial charge in [0.25, 0.3) is 0 Å². The van der Waals surface area contributed by atoms with Gasteiger partial charge in [-0.1, -0.05) is 75.7 Å². The van der Waals surface area contributed by atoms with Crippen molar-refractivity contribution in [2.45, 2.75) is 60.8 Å². The van der Waals surface area contributed by atoms with Crippen LogP contribution in [-0.4, -0.2) is 19.3 Å². The molecule has 0 unspecified atom stereocenters. The maximum atomic E-state index is 6.48. The number of hydrogen-bond acceptors (Lipinski definition) is 3. The molecule has 0 fully saturated rings. The Morgan fingerprint density at radius 1 is 0.755 bits per heavy atom. The van der Waals surface area contributed by atoms with Gasteiger partial charge in [0.2, 0.25) is 0 Å². The number of ether oxygens (including phenoxy) is 1. The molecule has 0 radical (unpaired) electrons. The summed E-state index contributed by atoms with van der Waals surface area (Å²) in [5, 5.41) is 7.21. The first kappa shape index (κ1) is 34.4. The van der Waals surface area contributed by atoms with E-state index in [4.69, 9.17) is 14.8 Å². The van der Waals surface area contributed by atoms with E-state index in [1.54, 1.807) is 0 Å². The quantitative estimate of drug-likeness (QED) is 0.129. The van der Waals surface area contributed by atoms with Gasteiger partial charge in [-0.05, 0) is 90.9 Å². The van der Waals surface area contributed by atoms with Crippen molar-refractivity contribution in [3.05, 3.63) is 132 Å². The molecule has 0 N–H and O–H groups in total. The zero-order chi connectivity index (χ0) is 33.4. The van der Waals surface area contributed by atoms with Crippen molar-refractivity contribution in [2.24, 2.45) is 11.8 Å². The van der Waals surface area contributed by atoms with E-state index in [2.05, 4.69) is 119 Å². The van der Waals surface area contributed by atoms with Crippen LogP contribution in [0.4, 0.5) is 0 Å². The third-order valence-electron chi connectivity index (χ3n) is 8.96. The second kappa shape index (κ2) is 14.6. The molecule has 0 spiro atoms. The van der Waals surface area contributed by atoms with E-state index in [0.717, 1.165) is 69.7 Å². The van der Waals surface area contributed by atoms with E-state index in [-0.39, 0.29) is 21.1 Å². The second-order valence-electron chi connectivity index (χ2n) is 13.7. The Morgan fingerprint density at radius 3 is 2.33 bits per heavy atom. The first-order valence-corrected chi connectivity index (χ1v) is 17.0. The van der Waals surface area contributed by atoms with Gasteiger partial charge in [-0.25, -0.2) is 4.98 Å². The largest absolute Gasteiger partial charge is 2.00 e. The number of hydrogen-bond donors (Lipinski definition) is 0. The van der Waals surface area contributed by atoms with E-state index < -0.39 is 0 Å². The molecule has 0 atom stereocenters. The number of benzene rings is 4. The third-order valence-corrected chi connectivity index (χ3v) is 8.96. The Morgan fingerprint density at radius 2 is 1.55 bits per heavy atom. The monoisotopic (exact) mass is 825 g/mol. The fourth-order valence-corrected chi connectivity index (χ4v) is 6.70. The molecule has 49 heavy (non-hydrogen) atoms. The number of aryl methyl sites for hydroxylation is 2. The molecule has 0 aliphatic heterocycles. The van der Waals surface area contributed by atoms with E-state index in [9.17, 15) is 0 Å². The molecule has 0 bridgehead atoms. The van der Waals surface area contributed by atoms with E-state index in [0.29, 0.717) is 23.3 Å². The summed E-state index contributed by atoms with van der Waals surface area (Å²) >= 11 is 0. The number of rotatable bonds is 10. The Balaban J connectivity index is 0.00000417. The Labute approximate surface area is 304 Å². The normalized spacial score (nSPS) is 11.5. The van der Waals surface area contributed by atoms with Crippen molar-refractivity contribution in [3.63, 3.8) is 0 Å². The predicted molar refractivity (Wildman–Crippen MR) is 196 cm³/mol. The average Bonchev–Trinajstić information content (AvgIpc) is 3.56. The van der Waals surface area contributed by atoms with Gasteiger partial charge in [-0.2, -0.15) is 17.2 Å². The van der Waals surface area contributed by atoms with Crippen LogP contribution in [0.2, 0.25) is 0 Å². The summed E-state index contributed by atoms with van der Waals surface area (Å²) in [6.45, 7) is 13.2. The summed E-state index contributed by atoms with van der Waals surface area (Å²) < 4.78 is 10.7. The first-order valence-electron chi connectivity index (χ1n) is 17.0. The van der Waals surface area contributed by atoms with Crippen LogP contribution >= 0.6 is 0 Å². The van der Waals surface area contributed by atoms with Gasteiger partial charge in [0.15, 0.2) is 0 Å². The number of fused-ring (bicyclic) bond motifs is 3. The maximum Gasteiger partial charge on any atom is 2.00 e. The molecule has 5 nitrogen and oxygen atoms in total. The Bertz CT molecular complexity index is 2230. The maximum absolute atomic E-state index is 6.48. The molecule has 3 heterocycles. The molecule has 6 heteroatoms. The predicted octanol–water partition coefficient (Wildman–Crippen LogP) is 10.8. The molecule has 7 rings (SSSR count). The van der Waals surface area contributed by atoms with Gasteiger partial charge in [0.1, 0.15) is 5.82 Å². The van der Waals surface area contributed by atoms with Crippen LogP contribution in [0, 0.1) is 37.8 Å². The van der Waals surface area contributed by atoms with Crippen molar-refractivity contribution in [1.82, 2.24) is 19.3 Å². The van der Waals surface area contributed by atoms with Crippen molar-refractivity contribution >= 4 is 21.8 Å². The summed E-state index contributed by atoms with van der Waals surface area (Å²) in [5.74, 6) is 3.34. The summed E-state index contributed by atoms with van der Waals surface area (Å²) in [5.41, 5.74) is 9.84. The second-order valence-corrected chi connectivity index (χ2v) is 13.7. The van der Waals surface area contributed by atoms with Crippen LogP contribution in [0.25, 0.3) is 44.4 Å². The minimum atomic E-state index is 0. The fraction of sp³-hybridized carbons (Fsp3) is 0.256. The number of pyridine rings is 1. The topological polar surface area (TPSA) is 44.9 Å². The number of nitrogens with zero attached hydrogens (tertiary/aromatic N) is 4. The standard InChI is InChI=1S/C43H42N4O.Pt/c1-28(2)15-16-32-21-22-44-42(25-32)46-40-20-17-33(23-29(3)4)24-39(40)38-19-18-37(27-41(38)46)48-36-14-10-13-35(26-36)47-31(6)43(30(5)45-47)34-11-8-7-9-12-34;/h7-14,17-22,24-25,28-29H,15-16,23H2,1-6H3;/q-2;+2. The van der Waals surface area contributed by atoms with Crippen LogP contribution in [0.15, 0.2) is 97.2 Å². The van der Waals surface area contributed by atoms with Gasteiger partial charge < -0.3 is 9.30 Å². The molecular weight excluding hydrogens is 784 g/mol. The minimum Gasteiger partial charge on any atom is -0.509 e. The van der Waals surface area contributed by atoms with Crippen LogP contribution < -0.4 is 4.74 Å². The van der Waals surface area contributed by atoms with E-state index >= 15 is 0 Å². The molecule has 0 amide bonds. The van der Waals surface area contributed by atoms with Crippen molar-refractivity contribution in [1.29, 1.82) is 0 Å². The van der Waals surface area contributed by atoms with Crippen molar-refractivity contribution in [3.8, 4) is 34.1 Å². The van der Waals surface area contributed by atoms with Gasteiger partial charge in [0, 0.05) is 34.5 Å². The van der Waals surface area contributed by atoms with Crippen molar-refractivity contribution in [2.75, 3.05) is 0 Å². The average molecular weight is 826 g/mol.